The molecule has 5 rings (SSSR count). The lowest BCUT2D eigenvalue weighted by Crippen LogP contribution is -2.35. The van der Waals surface area contributed by atoms with Gasteiger partial charge in [0.25, 0.3) is 0 Å². The molecule has 0 spiro atoms. The summed E-state index contributed by atoms with van der Waals surface area (Å²) in [5.74, 6) is -0.323. The van der Waals surface area contributed by atoms with Crippen molar-refractivity contribution in [3.8, 4) is 0 Å². The van der Waals surface area contributed by atoms with Crippen LogP contribution in [-0.2, 0) is 17.8 Å². The number of hydrogen-bond donors (Lipinski definition) is 1. The van der Waals surface area contributed by atoms with E-state index in [2.05, 4.69) is 34.0 Å². The maximum atomic E-state index is 13.6. The fraction of sp³-hybridized carbons (Fsp3) is 0.400. The quantitative estimate of drug-likeness (QED) is 0.604. The van der Waals surface area contributed by atoms with Gasteiger partial charge in [0.15, 0.2) is 0 Å². The highest BCUT2D eigenvalue weighted by atomic mass is 35.5. The second-order valence-corrected chi connectivity index (χ2v) is 9.31. The number of amides is 1. The molecule has 162 valence electrons. The lowest BCUT2D eigenvalue weighted by atomic mass is 9.94. The number of halogens is 2. The van der Waals surface area contributed by atoms with E-state index in [0.29, 0.717) is 25.0 Å². The van der Waals surface area contributed by atoms with Crippen LogP contribution in [0.2, 0.25) is 5.02 Å². The van der Waals surface area contributed by atoms with Gasteiger partial charge in [-0.1, -0.05) is 23.7 Å². The number of nitrogens with one attached hydrogen (secondary N) is 1. The van der Waals surface area contributed by atoms with E-state index in [4.69, 9.17) is 11.6 Å². The Morgan fingerprint density at radius 2 is 2.00 bits per heavy atom. The van der Waals surface area contributed by atoms with Crippen molar-refractivity contribution in [1.29, 1.82) is 0 Å². The van der Waals surface area contributed by atoms with E-state index in [1.807, 2.05) is 6.07 Å². The number of aromatic nitrogens is 1. The zero-order chi connectivity index (χ0) is 21.7. The molecule has 1 fully saturated rings. The molecule has 0 radical (unpaired) electrons. The smallest absolute Gasteiger partial charge is 0.220 e. The van der Waals surface area contributed by atoms with Gasteiger partial charge in [-0.25, -0.2) is 4.39 Å². The lowest BCUT2D eigenvalue weighted by molar-refractivity contribution is -0.121. The molecule has 31 heavy (non-hydrogen) atoms. The van der Waals surface area contributed by atoms with Gasteiger partial charge in [0.1, 0.15) is 5.82 Å². The molecule has 2 bridgehead atoms. The topological polar surface area (TPSA) is 37.3 Å². The normalized spacial score (nSPS) is 21.3. The molecule has 1 aromatic heterocycles. The first kappa shape index (κ1) is 20.5. The highest BCUT2D eigenvalue weighted by Gasteiger charge is 2.41. The summed E-state index contributed by atoms with van der Waals surface area (Å²) in [5.41, 5.74) is 4.91. The number of fused-ring (bicyclic) bond motifs is 6. The summed E-state index contributed by atoms with van der Waals surface area (Å²) in [6.45, 7) is 0.676. The minimum absolute atomic E-state index is 0.0116. The number of benzene rings is 2. The van der Waals surface area contributed by atoms with Gasteiger partial charge in [0.2, 0.25) is 5.91 Å². The first-order chi connectivity index (χ1) is 15.0. The Bertz CT molecular complexity index is 1140. The molecule has 3 aromatic rings. The van der Waals surface area contributed by atoms with E-state index in [-0.39, 0.29) is 17.6 Å². The van der Waals surface area contributed by atoms with Gasteiger partial charge in [-0.3, -0.25) is 9.69 Å². The summed E-state index contributed by atoms with van der Waals surface area (Å²) in [6.07, 6.45) is 3.73. The zero-order valence-electron chi connectivity index (χ0n) is 17.9. The predicted molar refractivity (Wildman–Crippen MR) is 122 cm³/mol. The van der Waals surface area contributed by atoms with E-state index in [9.17, 15) is 9.18 Å². The fourth-order valence-corrected chi connectivity index (χ4v) is 5.78. The van der Waals surface area contributed by atoms with Crippen LogP contribution in [0.15, 0.2) is 42.5 Å². The van der Waals surface area contributed by atoms with Crippen LogP contribution in [0.1, 0.15) is 48.0 Å². The summed E-state index contributed by atoms with van der Waals surface area (Å²) < 4.78 is 16.0. The van der Waals surface area contributed by atoms with Crippen molar-refractivity contribution in [3.05, 3.63) is 70.1 Å². The predicted octanol–water partition coefficient (Wildman–Crippen LogP) is 5.05. The van der Waals surface area contributed by atoms with Crippen molar-refractivity contribution in [3.63, 3.8) is 0 Å². The largest absolute Gasteiger partial charge is 0.359 e. The van der Waals surface area contributed by atoms with E-state index < -0.39 is 0 Å². The van der Waals surface area contributed by atoms with Crippen LogP contribution in [0.25, 0.3) is 10.9 Å². The van der Waals surface area contributed by atoms with Crippen molar-refractivity contribution in [2.24, 2.45) is 0 Å². The van der Waals surface area contributed by atoms with Gasteiger partial charge < -0.3 is 9.88 Å². The highest BCUT2D eigenvalue weighted by molar-refractivity contribution is 6.31. The average molecular weight is 440 g/mol. The van der Waals surface area contributed by atoms with Gasteiger partial charge in [0.05, 0.1) is 0 Å². The van der Waals surface area contributed by atoms with E-state index >= 15 is 0 Å². The number of hydrogen-bond acceptors (Lipinski definition) is 2. The van der Waals surface area contributed by atoms with Gasteiger partial charge in [-0.2, -0.15) is 0 Å². The standard InChI is InChI=1S/C25H27ClFN3O/c1-28-24(31)11-16(15-3-6-18(27)7-4-15)14-30-21-9-5-17(26)12-20(21)25-22-10-8-19(29(22)2)13-23(25)30/h3-7,9,12,16,19,22H,8,10-11,13-14H2,1-2H3,(H,28,31). The van der Waals surface area contributed by atoms with Crippen LogP contribution < -0.4 is 5.32 Å². The molecule has 3 unspecified atom stereocenters. The molecule has 1 amide bonds. The molecular weight excluding hydrogens is 413 g/mol. The average Bonchev–Trinajstić information content (AvgIpc) is 3.17. The zero-order valence-corrected chi connectivity index (χ0v) is 18.6. The highest BCUT2D eigenvalue weighted by Crippen LogP contribution is 2.47. The summed E-state index contributed by atoms with van der Waals surface area (Å²) in [6, 6.07) is 13.7. The van der Waals surface area contributed by atoms with E-state index in [1.165, 1.54) is 47.1 Å². The van der Waals surface area contributed by atoms with Gasteiger partial charge in [-0.15, -0.1) is 0 Å². The summed E-state index contributed by atoms with van der Waals surface area (Å²) in [7, 11) is 3.89. The molecule has 3 atom stereocenters. The van der Waals surface area contributed by atoms with E-state index in [0.717, 1.165) is 17.0 Å². The molecule has 2 aliphatic rings. The minimum atomic E-state index is -0.263. The Morgan fingerprint density at radius 3 is 2.74 bits per heavy atom. The van der Waals surface area contributed by atoms with Crippen molar-refractivity contribution >= 4 is 28.4 Å². The number of likely N-dealkylation sites (N-methyl/N-ethyl adjacent to an activating group) is 1. The molecular formula is C25H27ClFN3O. The van der Waals surface area contributed by atoms with Crippen molar-refractivity contribution in [1.82, 2.24) is 14.8 Å². The Kier molecular flexibility index (Phi) is 5.27. The summed E-state index contributed by atoms with van der Waals surface area (Å²) in [5, 5.41) is 4.71. The molecule has 6 heteroatoms. The first-order valence-electron chi connectivity index (χ1n) is 10.9. The number of carbonyl (C=O) groups excluding carboxylic acids is 1. The molecule has 1 N–H and O–H groups in total. The van der Waals surface area contributed by atoms with Gasteiger partial charge in [-0.05, 0) is 61.3 Å². The van der Waals surface area contributed by atoms with Crippen molar-refractivity contribution in [2.75, 3.05) is 14.1 Å². The van der Waals surface area contributed by atoms with E-state index in [1.54, 1.807) is 19.2 Å². The second kappa shape index (κ2) is 7.95. The van der Waals surface area contributed by atoms with Crippen LogP contribution >= 0.6 is 11.6 Å². The Labute approximate surface area is 187 Å². The molecule has 0 saturated carbocycles. The number of nitrogens with zero attached hydrogens (tertiary/aromatic N) is 2. The Morgan fingerprint density at radius 1 is 1.23 bits per heavy atom. The van der Waals surface area contributed by atoms with Gasteiger partial charge in [0, 0.05) is 66.1 Å². The second-order valence-electron chi connectivity index (χ2n) is 8.87. The van der Waals surface area contributed by atoms with Crippen molar-refractivity contribution in [2.45, 2.75) is 50.2 Å². The SMILES string of the molecule is CNC(=O)CC(Cn1c2c(c3cc(Cl)ccc31)C1CCC(C2)N1C)c1ccc(F)cc1. The Hall–Kier alpha value is -2.37. The first-order valence-corrected chi connectivity index (χ1v) is 11.3. The third kappa shape index (κ3) is 3.54. The molecule has 4 nitrogen and oxygen atoms in total. The lowest BCUT2D eigenvalue weighted by Gasteiger charge is -2.33. The maximum absolute atomic E-state index is 13.6. The minimum Gasteiger partial charge on any atom is -0.359 e. The molecule has 2 aromatic carbocycles. The van der Waals surface area contributed by atoms with Crippen LogP contribution in [-0.4, -0.2) is 35.5 Å². The molecule has 1 saturated heterocycles. The van der Waals surface area contributed by atoms with Gasteiger partial charge >= 0.3 is 0 Å². The van der Waals surface area contributed by atoms with Crippen LogP contribution in [0.5, 0.6) is 0 Å². The Balaban J connectivity index is 1.63. The summed E-state index contributed by atoms with van der Waals surface area (Å²) in [4.78, 5) is 14.8. The maximum Gasteiger partial charge on any atom is 0.220 e. The molecule has 0 aliphatic carbocycles. The van der Waals surface area contributed by atoms with Crippen molar-refractivity contribution < 1.29 is 9.18 Å². The van der Waals surface area contributed by atoms with Crippen LogP contribution in [0.3, 0.4) is 0 Å². The summed E-state index contributed by atoms with van der Waals surface area (Å²) >= 11 is 6.40. The number of rotatable bonds is 5. The van der Waals surface area contributed by atoms with Crippen LogP contribution in [0, 0.1) is 5.82 Å². The third-order valence-electron chi connectivity index (χ3n) is 7.23. The third-order valence-corrected chi connectivity index (χ3v) is 7.47. The molecule has 2 aliphatic heterocycles. The number of carbonyl (C=O) groups is 1. The fourth-order valence-electron chi connectivity index (χ4n) is 5.60. The monoisotopic (exact) mass is 439 g/mol. The van der Waals surface area contributed by atoms with Crippen LogP contribution in [0.4, 0.5) is 4.39 Å². The molecule has 3 heterocycles.